The summed E-state index contributed by atoms with van der Waals surface area (Å²) in [4.78, 5) is 4.75. The van der Waals surface area contributed by atoms with E-state index in [4.69, 9.17) is 0 Å². The smallest absolute Gasteiger partial charge is 0.0478 e. The molecule has 2 atom stereocenters. The molecule has 2 heteroatoms. The molecular formula is C16H18BrN. The van der Waals surface area contributed by atoms with Gasteiger partial charge in [0, 0.05) is 22.6 Å². The second-order valence-electron chi connectivity index (χ2n) is 4.73. The van der Waals surface area contributed by atoms with Gasteiger partial charge in [-0.25, -0.2) is 0 Å². The Morgan fingerprint density at radius 3 is 2.50 bits per heavy atom. The summed E-state index contributed by atoms with van der Waals surface area (Å²) in [6.45, 7) is 6.55. The number of halogens is 1. The molecule has 0 bridgehead atoms. The standard InChI is InChI=1S/C16H18BrN/c1-11-7-6-8-14(12(11)2)16(17)13(3)15-9-4-5-10-18-15/h4-10,13,16H,1-3H3. The van der Waals surface area contributed by atoms with Crippen LogP contribution in [0.3, 0.4) is 0 Å². The maximum absolute atomic E-state index is 4.45. The van der Waals surface area contributed by atoms with Gasteiger partial charge in [0.05, 0.1) is 0 Å². The lowest BCUT2D eigenvalue weighted by atomic mass is 9.93. The molecule has 0 aliphatic heterocycles. The van der Waals surface area contributed by atoms with E-state index in [1.807, 2.05) is 18.3 Å². The molecule has 1 nitrogen and oxygen atoms in total. The van der Waals surface area contributed by atoms with Crippen LogP contribution < -0.4 is 0 Å². The van der Waals surface area contributed by atoms with Crippen LogP contribution in [0.2, 0.25) is 0 Å². The first kappa shape index (κ1) is 13.3. The molecule has 0 N–H and O–H groups in total. The molecule has 2 aromatic rings. The third kappa shape index (κ3) is 2.64. The number of aromatic nitrogens is 1. The first-order valence-electron chi connectivity index (χ1n) is 6.22. The van der Waals surface area contributed by atoms with Crippen LogP contribution in [0.25, 0.3) is 0 Å². The Morgan fingerprint density at radius 2 is 1.83 bits per heavy atom. The zero-order valence-electron chi connectivity index (χ0n) is 11.0. The molecule has 2 rings (SSSR count). The van der Waals surface area contributed by atoms with Crippen molar-refractivity contribution in [2.24, 2.45) is 0 Å². The number of aryl methyl sites for hydroxylation is 1. The number of nitrogens with zero attached hydrogens (tertiary/aromatic N) is 1. The van der Waals surface area contributed by atoms with Gasteiger partial charge in [0.2, 0.25) is 0 Å². The molecule has 1 aromatic carbocycles. The number of hydrogen-bond acceptors (Lipinski definition) is 1. The van der Waals surface area contributed by atoms with E-state index >= 15 is 0 Å². The van der Waals surface area contributed by atoms with Gasteiger partial charge in [-0.3, -0.25) is 4.98 Å². The highest BCUT2D eigenvalue weighted by atomic mass is 79.9. The lowest BCUT2D eigenvalue weighted by molar-refractivity contribution is 0.720. The van der Waals surface area contributed by atoms with Gasteiger partial charge in [0.15, 0.2) is 0 Å². The zero-order chi connectivity index (χ0) is 13.1. The molecule has 1 heterocycles. The quantitative estimate of drug-likeness (QED) is 0.732. The normalized spacial score (nSPS) is 14.2. The van der Waals surface area contributed by atoms with Crippen molar-refractivity contribution >= 4 is 15.9 Å². The Labute approximate surface area is 117 Å². The summed E-state index contributed by atoms with van der Waals surface area (Å²) in [6.07, 6.45) is 1.86. The van der Waals surface area contributed by atoms with Crippen molar-refractivity contribution in [2.75, 3.05) is 0 Å². The third-order valence-electron chi connectivity index (χ3n) is 3.54. The Morgan fingerprint density at radius 1 is 1.06 bits per heavy atom. The van der Waals surface area contributed by atoms with Crippen LogP contribution in [0.5, 0.6) is 0 Å². The number of pyridine rings is 1. The first-order valence-corrected chi connectivity index (χ1v) is 7.14. The first-order chi connectivity index (χ1) is 8.61. The van der Waals surface area contributed by atoms with Crippen molar-refractivity contribution in [3.05, 3.63) is 65.0 Å². The molecule has 0 spiro atoms. The van der Waals surface area contributed by atoms with Crippen LogP contribution in [-0.4, -0.2) is 4.98 Å². The van der Waals surface area contributed by atoms with Crippen molar-refractivity contribution < 1.29 is 0 Å². The predicted octanol–water partition coefficient (Wildman–Crippen LogP) is 4.94. The molecule has 94 valence electrons. The molecule has 0 saturated carbocycles. The van der Waals surface area contributed by atoms with Crippen LogP contribution in [0.1, 0.15) is 40.1 Å². The summed E-state index contributed by atoms with van der Waals surface area (Å²) < 4.78 is 0. The largest absolute Gasteiger partial charge is 0.261 e. The molecule has 0 saturated heterocycles. The SMILES string of the molecule is Cc1cccc(C(Br)C(C)c2ccccn2)c1C. The van der Waals surface area contributed by atoms with Crippen LogP contribution in [0.15, 0.2) is 42.6 Å². The fourth-order valence-electron chi connectivity index (χ4n) is 2.14. The average molecular weight is 304 g/mol. The van der Waals surface area contributed by atoms with Gasteiger partial charge in [-0.15, -0.1) is 0 Å². The summed E-state index contributed by atoms with van der Waals surface area (Å²) in [7, 11) is 0. The van der Waals surface area contributed by atoms with Crippen molar-refractivity contribution in [2.45, 2.75) is 31.5 Å². The highest BCUT2D eigenvalue weighted by Gasteiger charge is 2.20. The van der Waals surface area contributed by atoms with E-state index < -0.39 is 0 Å². The van der Waals surface area contributed by atoms with Crippen LogP contribution in [0.4, 0.5) is 0 Å². The van der Waals surface area contributed by atoms with E-state index in [1.54, 1.807) is 0 Å². The maximum Gasteiger partial charge on any atom is 0.0478 e. The van der Waals surface area contributed by atoms with Gasteiger partial charge in [0.25, 0.3) is 0 Å². The van der Waals surface area contributed by atoms with Crippen molar-refractivity contribution in [3.63, 3.8) is 0 Å². The van der Waals surface area contributed by atoms with Crippen LogP contribution >= 0.6 is 15.9 Å². The summed E-state index contributed by atoms with van der Waals surface area (Å²) in [5, 5.41) is 0. The Bertz CT molecular complexity index is 522. The Kier molecular flexibility index (Phi) is 4.18. The van der Waals surface area contributed by atoms with Gasteiger partial charge in [-0.05, 0) is 42.7 Å². The molecule has 1 aromatic heterocycles. The zero-order valence-corrected chi connectivity index (χ0v) is 12.6. The van der Waals surface area contributed by atoms with Crippen molar-refractivity contribution in [1.82, 2.24) is 4.98 Å². The van der Waals surface area contributed by atoms with Gasteiger partial charge in [-0.2, -0.15) is 0 Å². The second-order valence-corrected chi connectivity index (χ2v) is 5.72. The fourth-order valence-corrected chi connectivity index (χ4v) is 2.90. The van der Waals surface area contributed by atoms with E-state index in [1.165, 1.54) is 16.7 Å². The summed E-state index contributed by atoms with van der Waals surface area (Å²) in [5.74, 6) is 0.353. The molecule has 2 unspecified atom stereocenters. The maximum atomic E-state index is 4.45. The lowest BCUT2D eigenvalue weighted by Crippen LogP contribution is -2.06. The van der Waals surface area contributed by atoms with E-state index in [0.717, 1.165) is 5.69 Å². The van der Waals surface area contributed by atoms with Crippen molar-refractivity contribution in [1.29, 1.82) is 0 Å². The molecule has 0 amide bonds. The fraction of sp³-hybridized carbons (Fsp3) is 0.312. The highest BCUT2D eigenvalue weighted by molar-refractivity contribution is 9.09. The van der Waals surface area contributed by atoms with Gasteiger partial charge >= 0.3 is 0 Å². The third-order valence-corrected chi connectivity index (χ3v) is 4.82. The van der Waals surface area contributed by atoms with Crippen molar-refractivity contribution in [3.8, 4) is 0 Å². The second kappa shape index (κ2) is 5.66. The number of rotatable bonds is 3. The Hall–Kier alpha value is -1.15. The number of hydrogen-bond donors (Lipinski definition) is 0. The lowest BCUT2D eigenvalue weighted by Gasteiger charge is -2.21. The van der Waals surface area contributed by atoms with Gasteiger partial charge in [0.1, 0.15) is 0 Å². The molecule has 0 aliphatic carbocycles. The number of alkyl halides is 1. The summed E-state index contributed by atoms with van der Waals surface area (Å²) in [6, 6.07) is 12.6. The van der Waals surface area contributed by atoms with E-state index in [-0.39, 0.29) is 0 Å². The molecule has 18 heavy (non-hydrogen) atoms. The van der Waals surface area contributed by atoms with Crippen LogP contribution in [-0.2, 0) is 0 Å². The minimum atomic E-state index is 0.298. The van der Waals surface area contributed by atoms with E-state index in [9.17, 15) is 0 Å². The van der Waals surface area contributed by atoms with Gasteiger partial charge < -0.3 is 0 Å². The summed E-state index contributed by atoms with van der Waals surface area (Å²) in [5.41, 5.74) is 5.18. The predicted molar refractivity (Wildman–Crippen MR) is 80.2 cm³/mol. The number of benzene rings is 1. The van der Waals surface area contributed by atoms with E-state index in [2.05, 4.69) is 66.0 Å². The molecule has 0 fully saturated rings. The minimum absolute atomic E-state index is 0.298. The molecule has 0 radical (unpaired) electrons. The van der Waals surface area contributed by atoms with Gasteiger partial charge in [-0.1, -0.05) is 47.1 Å². The topological polar surface area (TPSA) is 12.9 Å². The molecular weight excluding hydrogens is 286 g/mol. The van der Waals surface area contributed by atoms with E-state index in [0.29, 0.717) is 10.7 Å². The average Bonchev–Trinajstić information content (AvgIpc) is 2.41. The highest BCUT2D eigenvalue weighted by Crippen LogP contribution is 2.38. The molecule has 0 aliphatic rings. The minimum Gasteiger partial charge on any atom is -0.261 e. The summed E-state index contributed by atoms with van der Waals surface area (Å²) >= 11 is 3.83. The monoisotopic (exact) mass is 303 g/mol. The Balaban J connectivity index is 2.31. The van der Waals surface area contributed by atoms with Crippen LogP contribution in [0, 0.1) is 13.8 Å².